The standard InChI is InChI=1S/C28H34N2O2.2ClH.H2O/c1-2-31-27-15-9-10-16-28(27)32-26(25-13-7-4-8-14-25)17-18-29-19-21-30(22-20-29)23-24-11-5-3-6-12-24;;;/h3-16,26H,2,17-23H2,1H3;2*1H;1H2. The van der Waals surface area contributed by atoms with Crippen LogP contribution in [0.25, 0.3) is 0 Å². The predicted molar refractivity (Wildman–Crippen MR) is 148 cm³/mol. The fourth-order valence-electron chi connectivity index (χ4n) is 4.25. The summed E-state index contributed by atoms with van der Waals surface area (Å²) in [6, 6.07) is 29.3. The molecule has 0 radical (unpaired) electrons. The van der Waals surface area contributed by atoms with E-state index < -0.39 is 0 Å². The van der Waals surface area contributed by atoms with Gasteiger partial charge in [-0.1, -0.05) is 72.8 Å². The second kappa shape index (κ2) is 16.4. The second-order valence-corrected chi connectivity index (χ2v) is 8.29. The highest BCUT2D eigenvalue weighted by Gasteiger charge is 2.21. The molecule has 1 fully saturated rings. The monoisotopic (exact) mass is 520 g/mol. The fourth-order valence-corrected chi connectivity index (χ4v) is 4.25. The van der Waals surface area contributed by atoms with Crippen molar-refractivity contribution in [1.29, 1.82) is 0 Å². The number of halogens is 2. The Hall–Kier alpha value is -2.28. The van der Waals surface area contributed by atoms with Crippen LogP contribution in [0.2, 0.25) is 0 Å². The van der Waals surface area contributed by atoms with Crippen LogP contribution < -0.4 is 9.47 Å². The van der Waals surface area contributed by atoms with Crippen molar-refractivity contribution >= 4 is 24.8 Å². The van der Waals surface area contributed by atoms with Crippen LogP contribution in [-0.2, 0) is 6.54 Å². The molecule has 0 spiro atoms. The molecule has 3 aromatic carbocycles. The van der Waals surface area contributed by atoms with Crippen molar-refractivity contribution in [3.8, 4) is 11.5 Å². The van der Waals surface area contributed by atoms with Gasteiger partial charge in [0.25, 0.3) is 0 Å². The van der Waals surface area contributed by atoms with Gasteiger partial charge in [0.2, 0.25) is 0 Å². The van der Waals surface area contributed by atoms with Gasteiger partial charge in [-0.25, -0.2) is 0 Å². The first-order chi connectivity index (χ1) is 15.8. The summed E-state index contributed by atoms with van der Waals surface area (Å²) in [5, 5.41) is 0. The van der Waals surface area contributed by atoms with Crippen molar-refractivity contribution in [1.82, 2.24) is 9.80 Å². The van der Waals surface area contributed by atoms with E-state index in [1.807, 2.05) is 31.2 Å². The molecule has 192 valence electrons. The van der Waals surface area contributed by atoms with E-state index in [1.54, 1.807) is 0 Å². The second-order valence-electron chi connectivity index (χ2n) is 8.29. The molecule has 2 N–H and O–H groups in total. The van der Waals surface area contributed by atoms with Gasteiger partial charge >= 0.3 is 0 Å². The molecule has 0 amide bonds. The molecular formula is C28H38Cl2N2O3. The normalized spacial score (nSPS) is 14.5. The van der Waals surface area contributed by atoms with Gasteiger partial charge in [-0.05, 0) is 30.2 Å². The Morgan fingerprint density at radius 1 is 0.714 bits per heavy atom. The number of para-hydroxylation sites is 2. The van der Waals surface area contributed by atoms with E-state index in [4.69, 9.17) is 9.47 Å². The summed E-state index contributed by atoms with van der Waals surface area (Å²) < 4.78 is 12.3. The highest BCUT2D eigenvalue weighted by atomic mass is 35.5. The minimum atomic E-state index is 0. The average molecular weight is 522 g/mol. The van der Waals surface area contributed by atoms with E-state index in [0.29, 0.717) is 6.61 Å². The van der Waals surface area contributed by atoms with E-state index in [0.717, 1.165) is 57.2 Å². The van der Waals surface area contributed by atoms with Crippen molar-refractivity contribution in [2.45, 2.75) is 26.0 Å². The number of benzene rings is 3. The first-order valence-electron chi connectivity index (χ1n) is 11.7. The van der Waals surface area contributed by atoms with Crippen LogP contribution in [-0.4, -0.2) is 54.6 Å². The third-order valence-corrected chi connectivity index (χ3v) is 6.01. The number of hydrogen-bond acceptors (Lipinski definition) is 4. The Morgan fingerprint density at radius 2 is 1.26 bits per heavy atom. The molecule has 7 heteroatoms. The molecular weight excluding hydrogens is 483 g/mol. The van der Waals surface area contributed by atoms with E-state index in [2.05, 4.69) is 70.5 Å². The average Bonchev–Trinajstić information content (AvgIpc) is 2.85. The lowest BCUT2D eigenvalue weighted by Gasteiger charge is -2.35. The maximum atomic E-state index is 6.51. The van der Waals surface area contributed by atoms with Gasteiger partial charge in [0, 0.05) is 45.7 Å². The minimum absolute atomic E-state index is 0. The highest BCUT2D eigenvalue weighted by Crippen LogP contribution is 2.32. The summed E-state index contributed by atoms with van der Waals surface area (Å²) in [6.07, 6.45) is 0.948. The summed E-state index contributed by atoms with van der Waals surface area (Å²) in [7, 11) is 0. The minimum Gasteiger partial charge on any atom is -0.490 e. The smallest absolute Gasteiger partial charge is 0.162 e. The van der Waals surface area contributed by atoms with Gasteiger partial charge in [-0.2, -0.15) is 0 Å². The van der Waals surface area contributed by atoms with Gasteiger partial charge in [0.1, 0.15) is 6.10 Å². The van der Waals surface area contributed by atoms with Crippen LogP contribution in [0.3, 0.4) is 0 Å². The third-order valence-electron chi connectivity index (χ3n) is 6.01. The lowest BCUT2D eigenvalue weighted by Crippen LogP contribution is -2.46. The Morgan fingerprint density at radius 3 is 1.89 bits per heavy atom. The summed E-state index contributed by atoms with van der Waals surface area (Å²) in [4.78, 5) is 5.12. The third kappa shape index (κ3) is 9.36. The molecule has 1 saturated heterocycles. The lowest BCUT2D eigenvalue weighted by atomic mass is 10.1. The quantitative estimate of drug-likeness (QED) is 0.357. The number of rotatable bonds is 10. The van der Waals surface area contributed by atoms with Crippen molar-refractivity contribution in [3.05, 3.63) is 96.1 Å². The zero-order valence-corrected chi connectivity index (χ0v) is 22.0. The van der Waals surface area contributed by atoms with Crippen LogP contribution in [0.4, 0.5) is 0 Å². The van der Waals surface area contributed by atoms with Crippen molar-refractivity contribution in [2.75, 3.05) is 39.3 Å². The molecule has 4 rings (SSSR count). The molecule has 1 aliphatic heterocycles. The van der Waals surface area contributed by atoms with Gasteiger partial charge in [-0.15, -0.1) is 24.8 Å². The topological polar surface area (TPSA) is 56.4 Å². The maximum Gasteiger partial charge on any atom is 0.162 e. The number of piperazine rings is 1. The molecule has 0 aliphatic carbocycles. The van der Waals surface area contributed by atoms with E-state index in [-0.39, 0.29) is 36.4 Å². The van der Waals surface area contributed by atoms with Crippen LogP contribution in [0.1, 0.15) is 30.6 Å². The van der Waals surface area contributed by atoms with Crippen LogP contribution in [0.15, 0.2) is 84.9 Å². The summed E-state index contributed by atoms with van der Waals surface area (Å²) >= 11 is 0. The summed E-state index contributed by atoms with van der Waals surface area (Å²) in [6.45, 7) is 9.12. The SMILES string of the molecule is CCOc1ccccc1OC(CCN1CCN(Cc2ccccc2)CC1)c1ccccc1.Cl.Cl.O. The van der Waals surface area contributed by atoms with Crippen LogP contribution in [0.5, 0.6) is 11.5 Å². The first-order valence-corrected chi connectivity index (χ1v) is 11.7. The molecule has 0 saturated carbocycles. The zero-order chi connectivity index (χ0) is 22.0. The largest absolute Gasteiger partial charge is 0.490 e. The molecule has 3 aromatic rings. The maximum absolute atomic E-state index is 6.51. The summed E-state index contributed by atoms with van der Waals surface area (Å²) in [5.74, 6) is 1.63. The highest BCUT2D eigenvalue weighted by molar-refractivity contribution is 5.85. The number of ether oxygens (including phenoxy) is 2. The molecule has 1 unspecified atom stereocenters. The van der Waals surface area contributed by atoms with E-state index in [9.17, 15) is 0 Å². The number of nitrogens with zero attached hydrogens (tertiary/aromatic N) is 2. The lowest BCUT2D eigenvalue weighted by molar-refractivity contribution is 0.105. The van der Waals surface area contributed by atoms with E-state index in [1.165, 1.54) is 11.1 Å². The first kappa shape index (κ1) is 30.8. The van der Waals surface area contributed by atoms with Crippen molar-refractivity contribution in [2.24, 2.45) is 0 Å². The van der Waals surface area contributed by atoms with Gasteiger partial charge in [-0.3, -0.25) is 4.90 Å². The Labute approximate surface area is 222 Å². The van der Waals surface area contributed by atoms with Gasteiger partial charge in [0.15, 0.2) is 11.5 Å². The van der Waals surface area contributed by atoms with Crippen LogP contribution >= 0.6 is 24.8 Å². The molecule has 0 aromatic heterocycles. The molecule has 35 heavy (non-hydrogen) atoms. The summed E-state index contributed by atoms with van der Waals surface area (Å²) in [5.41, 5.74) is 2.60. The van der Waals surface area contributed by atoms with Crippen molar-refractivity contribution < 1.29 is 14.9 Å². The van der Waals surface area contributed by atoms with Gasteiger partial charge in [0.05, 0.1) is 6.61 Å². The molecule has 1 aliphatic rings. The molecule has 0 bridgehead atoms. The number of hydrogen-bond donors (Lipinski definition) is 0. The predicted octanol–water partition coefficient (Wildman–Crippen LogP) is 5.43. The molecule has 1 atom stereocenters. The van der Waals surface area contributed by atoms with E-state index >= 15 is 0 Å². The molecule has 1 heterocycles. The van der Waals surface area contributed by atoms with Crippen molar-refractivity contribution in [3.63, 3.8) is 0 Å². The Kier molecular flexibility index (Phi) is 14.4. The Balaban J connectivity index is 0.00000204. The van der Waals surface area contributed by atoms with Gasteiger partial charge < -0.3 is 19.8 Å². The van der Waals surface area contributed by atoms with Crippen LogP contribution in [0, 0.1) is 0 Å². The molecule has 5 nitrogen and oxygen atoms in total. The Bertz CT molecular complexity index is 939. The fraction of sp³-hybridized carbons (Fsp3) is 0.357. The zero-order valence-electron chi connectivity index (χ0n) is 20.3.